The van der Waals surface area contributed by atoms with Crippen molar-refractivity contribution in [2.45, 2.75) is 46.0 Å². The first-order valence-electron chi connectivity index (χ1n) is 5.90. The lowest BCUT2D eigenvalue weighted by Gasteiger charge is -2.23. The van der Waals surface area contributed by atoms with E-state index in [2.05, 4.69) is 33.8 Å². The lowest BCUT2D eigenvalue weighted by molar-refractivity contribution is 0.0242. The molecule has 0 saturated carbocycles. The maximum atomic E-state index is 10.4. The molecule has 0 spiro atoms. The van der Waals surface area contributed by atoms with E-state index in [9.17, 15) is 5.11 Å². The van der Waals surface area contributed by atoms with Gasteiger partial charge in [0.25, 0.3) is 0 Å². The normalized spacial score (nSPS) is 36.6. The fourth-order valence-electron chi connectivity index (χ4n) is 2.64. The van der Waals surface area contributed by atoms with E-state index < -0.39 is 0 Å². The molecule has 1 aliphatic rings. The van der Waals surface area contributed by atoms with E-state index in [4.69, 9.17) is 4.74 Å². The molecule has 2 rings (SSSR count). The van der Waals surface area contributed by atoms with E-state index >= 15 is 0 Å². The van der Waals surface area contributed by atoms with Crippen LogP contribution in [-0.4, -0.2) is 17.3 Å². The molecular formula is C13H20O2S. The molecule has 0 aliphatic carbocycles. The Hall–Kier alpha value is -0.380. The number of aliphatic hydroxyl groups excluding tert-OH is 1. The van der Waals surface area contributed by atoms with Crippen molar-refractivity contribution in [2.24, 2.45) is 11.8 Å². The van der Waals surface area contributed by atoms with Gasteiger partial charge in [-0.1, -0.05) is 6.92 Å². The molecule has 2 heterocycles. The number of rotatable bonds is 2. The van der Waals surface area contributed by atoms with Gasteiger partial charge in [-0.05, 0) is 38.8 Å². The zero-order valence-corrected chi connectivity index (χ0v) is 11.1. The summed E-state index contributed by atoms with van der Waals surface area (Å²) in [6, 6.07) is 4.10. The topological polar surface area (TPSA) is 29.5 Å². The van der Waals surface area contributed by atoms with Gasteiger partial charge in [0.05, 0.1) is 18.3 Å². The van der Waals surface area contributed by atoms with Gasteiger partial charge in [-0.2, -0.15) is 0 Å². The van der Waals surface area contributed by atoms with E-state index in [1.807, 2.05) is 6.07 Å². The summed E-state index contributed by atoms with van der Waals surface area (Å²) in [7, 11) is 0. The number of thiophene rings is 1. The second-order valence-electron chi connectivity index (χ2n) is 4.88. The van der Waals surface area contributed by atoms with Crippen LogP contribution in [0.2, 0.25) is 0 Å². The molecule has 5 atom stereocenters. The third-order valence-electron chi connectivity index (χ3n) is 3.74. The number of aryl methyl sites for hydroxylation is 1. The van der Waals surface area contributed by atoms with Crippen LogP contribution in [0.25, 0.3) is 0 Å². The van der Waals surface area contributed by atoms with Crippen LogP contribution in [-0.2, 0) is 4.74 Å². The zero-order chi connectivity index (χ0) is 11.9. The van der Waals surface area contributed by atoms with Gasteiger partial charge >= 0.3 is 0 Å². The van der Waals surface area contributed by atoms with Crippen molar-refractivity contribution >= 4 is 11.3 Å². The SMILES string of the molecule is Cc1ccc(C(O)C2C(C)OC(C)C2C)s1. The summed E-state index contributed by atoms with van der Waals surface area (Å²) in [5.41, 5.74) is 0. The smallest absolute Gasteiger partial charge is 0.0938 e. The highest BCUT2D eigenvalue weighted by Gasteiger charge is 2.41. The number of aliphatic hydroxyl groups is 1. The molecule has 2 nitrogen and oxygen atoms in total. The Balaban J connectivity index is 2.18. The summed E-state index contributed by atoms with van der Waals surface area (Å²) in [5, 5.41) is 10.4. The molecule has 3 heteroatoms. The standard InChI is InChI=1S/C13H20O2S/c1-7-5-6-11(16-7)13(14)12-8(2)9(3)15-10(12)4/h5-6,8-10,12-14H,1-4H3. The summed E-state index contributed by atoms with van der Waals surface area (Å²) < 4.78 is 5.78. The van der Waals surface area contributed by atoms with Crippen molar-refractivity contribution in [2.75, 3.05) is 0 Å². The van der Waals surface area contributed by atoms with E-state index in [-0.39, 0.29) is 24.2 Å². The van der Waals surface area contributed by atoms with E-state index in [0.717, 1.165) is 4.88 Å². The van der Waals surface area contributed by atoms with Crippen LogP contribution in [0.4, 0.5) is 0 Å². The van der Waals surface area contributed by atoms with E-state index in [1.165, 1.54) is 4.88 Å². The van der Waals surface area contributed by atoms with Crippen LogP contribution in [0.3, 0.4) is 0 Å². The third kappa shape index (κ3) is 2.04. The van der Waals surface area contributed by atoms with Crippen LogP contribution >= 0.6 is 11.3 Å². The van der Waals surface area contributed by atoms with Crippen molar-refractivity contribution in [3.8, 4) is 0 Å². The van der Waals surface area contributed by atoms with E-state index in [0.29, 0.717) is 5.92 Å². The minimum Gasteiger partial charge on any atom is -0.387 e. The molecule has 0 bridgehead atoms. The van der Waals surface area contributed by atoms with Crippen molar-refractivity contribution in [3.05, 3.63) is 21.9 Å². The molecule has 16 heavy (non-hydrogen) atoms. The van der Waals surface area contributed by atoms with Crippen molar-refractivity contribution < 1.29 is 9.84 Å². The number of hydrogen-bond acceptors (Lipinski definition) is 3. The molecule has 5 unspecified atom stereocenters. The maximum absolute atomic E-state index is 10.4. The van der Waals surface area contributed by atoms with Crippen LogP contribution in [0, 0.1) is 18.8 Å². The van der Waals surface area contributed by atoms with Crippen molar-refractivity contribution in [1.82, 2.24) is 0 Å². The highest BCUT2D eigenvalue weighted by Crippen LogP contribution is 2.41. The molecule has 0 amide bonds. The minimum absolute atomic E-state index is 0.141. The van der Waals surface area contributed by atoms with Gasteiger partial charge in [0.15, 0.2) is 0 Å². The zero-order valence-electron chi connectivity index (χ0n) is 10.3. The first-order chi connectivity index (χ1) is 7.50. The fraction of sp³-hybridized carbons (Fsp3) is 0.692. The number of hydrogen-bond donors (Lipinski definition) is 1. The van der Waals surface area contributed by atoms with Gasteiger partial charge in [-0.3, -0.25) is 0 Å². The first kappa shape index (κ1) is 12.1. The molecule has 1 aromatic heterocycles. The Morgan fingerprint density at radius 1 is 1.25 bits per heavy atom. The van der Waals surface area contributed by atoms with Crippen LogP contribution < -0.4 is 0 Å². The number of ether oxygens (including phenoxy) is 1. The van der Waals surface area contributed by atoms with Crippen LogP contribution in [0.1, 0.15) is 36.6 Å². The van der Waals surface area contributed by atoms with Gasteiger partial charge in [0, 0.05) is 15.7 Å². The van der Waals surface area contributed by atoms with Gasteiger partial charge in [0.2, 0.25) is 0 Å². The Bertz CT molecular complexity index is 361. The highest BCUT2D eigenvalue weighted by atomic mass is 32.1. The summed E-state index contributed by atoms with van der Waals surface area (Å²) in [6.45, 7) is 8.39. The lowest BCUT2D eigenvalue weighted by atomic mass is 9.84. The molecule has 0 radical (unpaired) electrons. The molecule has 1 saturated heterocycles. The molecule has 90 valence electrons. The minimum atomic E-state index is -0.381. The van der Waals surface area contributed by atoms with Gasteiger partial charge < -0.3 is 9.84 Å². The average molecular weight is 240 g/mol. The Labute approximate surface area is 101 Å². The summed E-state index contributed by atoms with van der Waals surface area (Å²) in [4.78, 5) is 2.32. The second-order valence-corrected chi connectivity index (χ2v) is 6.20. The van der Waals surface area contributed by atoms with Gasteiger partial charge in [-0.15, -0.1) is 11.3 Å². The predicted molar refractivity (Wildman–Crippen MR) is 66.7 cm³/mol. The Morgan fingerprint density at radius 3 is 2.38 bits per heavy atom. The Kier molecular flexibility index (Phi) is 3.38. The average Bonchev–Trinajstić information content (AvgIpc) is 2.73. The summed E-state index contributed by atoms with van der Waals surface area (Å²) >= 11 is 1.68. The largest absolute Gasteiger partial charge is 0.387 e. The third-order valence-corrected chi connectivity index (χ3v) is 4.81. The maximum Gasteiger partial charge on any atom is 0.0938 e. The summed E-state index contributed by atoms with van der Waals surface area (Å²) in [6.07, 6.45) is 0.00626. The predicted octanol–water partition coefficient (Wildman–Crippen LogP) is 3.15. The van der Waals surface area contributed by atoms with Crippen molar-refractivity contribution in [1.29, 1.82) is 0 Å². The second kappa shape index (κ2) is 4.47. The lowest BCUT2D eigenvalue weighted by Crippen LogP contribution is -2.24. The first-order valence-corrected chi connectivity index (χ1v) is 6.72. The van der Waals surface area contributed by atoms with Gasteiger partial charge in [-0.25, -0.2) is 0 Å². The molecule has 1 aromatic rings. The van der Waals surface area contributed by atoms with Crippen molar-refractivity contribution in [3.63, 3.8) is 0 Å². The fourth-order valence-corrected chi connectivity index (χ4v) is 3.56. The monoisotopic (exact) mass is 240 g/mol. The quantitative estimate of drug-likeness (QED) is 0.860. The molecule has 1 fully saturated rings. The molecule has 0 aromatic carbocycles. The van der Waals surface area contributed by atoms with E-state index in [1.54, 1.807) is 11.3 Å². The summed E-state index contributed by atoms with van der Waals surface area (Å²) in [5.74, 6) is 0.625. The van der Waals surface area contributed by atoms with Crippen LogP contribution in [0.5, 0.6) is 0 Å². The van der Waals surface area contributed by atoms with Gasteiger partial charge in [0.1, 0.15) is 0 Å². The Morgan fingerprint density at radius 2 is 1.94 bits per heavy atom. The molecule has 1 aliphatic heterocycles. The highest BCUT2D eigenvalue weighted by molar-refractivity contribution is 7.12. The van der Waals surface area contributed by atoms with Crippen LogP contribution in [0.15, 0.2) is 12.1 Å². The molecular weight excluding hydrogens is 220 g/mol. The molecule has 1 N–H and O–H groups in total.